The number of hydrogen-bond donors (Lipinski definition) is 5. The number of Topliss-reactive ketones (excluding diaryl/α,β-unsaturated/α-hetero) is 2. The molecule has 0 saturated heterocycles. The van der Waals surface area contributed by atoms with Crippen LogP contribution >= 0.6 is 0 Å². The highest BCUT2D eigenvalue weighted by Crippen LogP contribution is 2.53. The maximum atomic E-state index is 13.8. The van der Waals surface area contributed by atoms with Crippen molar-refractivity contribution in [1.82, 2.24) is 0 Å². The number of fused-ring (bicyclic) bond motifs is 3. The van der Waals surface area contributed by atoms with Gasteiger partial charge in [0, 0.05) is 23.5 Å². The van der Waals surface area contributed by atoms with Crippen LogP contribution in [-0.4, -0.2) is 43.5 Å². The van der Waals surface area contributed by atoms with Crippen LogP contribution in [0.4, 0.5) is 0 Å². The van der Waals surface area contributed by atoms with Gasteiger partial charge in [-0.25, -0.2) is 0 Å². The highest BCUT2D eigenvalue weighted by atomic mass is 16.3. The summed E-state index contributed by atoms with van der Waals surface area (Å²) in [5.74, 6) is -5.62. The molecule has 204 valence electrons. The van der Waals surface area contributed by atoms with Gasteiger partial charge in [-0.05, 0) is 66.3 Å². The average molecular weight is 534 g/mol. The van der Waals surface area contributed by atoms with Gasteiger partial charge in [0.1, 0.15) is 22.8 Å². The molecule has 0 bridgehead atoms. The first kappa shape index (κ1) is 25.4. The topological polar surface area (TPSA) is 171 Å². The molecular weight excluding hydrogens is 502 g/mol. The summed E-state index contributed by atoms with van der Waals surface area (Å²) in [5, 5.41) is 45.2. The van der Waals surface area contributed by atoms with Gasteiger partial charge in [0.15, 0.2) is 11.4 Å². The predicted octanol–water partition coefficient (Wildman–Crippen LogP) is 3.81. The van der Waals surface area contributed by atoms with Gasteiger partial charge in [0.2, 0.25) is 5.78 Å². The zero-order chi connectivity index (χ0) is 27.6. The van der Waals surface area contributed by atoms with E-state index < -0.39 is 52.0 Å². The molecular formula is C30H31NO8. The number of nitrogens with two attached hydrogens (primary N) is 1. The zero-order valence-corrected chi connectivity index (χ0v) is 21.4. The predicted molar refractivity (Wildman–Crippen MR) is 139 cm³/mol. The van der Waals surface area contributed by atoms with E-state index in [1.165, 1.54) is 12.8 Å². The standard InChI is InChI=1S/C30H31NO8/c31-29(37)24-21(32)12-18-9-17-11-20-19(16-7-8-39-13-16)10-15(6-5-14-3-1-2-4-14)25(33)23(20)26(34)22(17)27(35)30(18,38)28(24)36/h7-8,10,13-14,17-18,33-34,36,38H,1-6,9,11-12H2,(H2,31,37)/t17-,18+,30+/m1/s1. The summed E-state index contributed by atoms with van der Waals surface area (Å²) in [5.41, 5.74) is 4.72. The third-order valence-electron chi connectivity index (χ3n) is 9.27. The Kier molecular flexibility index (Phi) is 5.95. The van der Waals surface area contributed by atoms with Crippen molar-refractivity contribution in [3.05, 3.63) is 58.3 Å². The minimum absolute atomic E-state index is 0.0952. The third kappa shape index (κ3) is 3.74. The molecule has 0 radical (unpaired) electrons. The molecule has 9 heteroatoms. The monoisotopic (exact) mass is 533 g/mol. The van der Waals surface area contributed by atoms with E-state index >= 15 is 0 Å². The van der Waals surface area contributed by atoms with Crippen LogP contribution in [0.5, 0.6) is 5.75 Å². The molecule has 4 aliphatic rings. The van der Waals surface area contributed by atoms with Crippen LogP contribution in [0.3, 0.4) is 0 Å². The van der Waals surface area contributed by atoms with Gasteiger partial charge in [-0.2, -0.15) is 0 Å². The maximum Gasteiger partial charge on any atom is 0.255 e. The number of ketones is 2. The number of carbonyl (C=O) groups excluding carboxylic acids is 3. The Bertz CT molecular complexity index is 1460. The summed E-state index contributed by atoms with van der Waals surface area (Å²) in [7, 11) is 0. The average Bonchev–Trinajstić information content (AvgIpc) is 3.60. The van der Waals surface area contributed by atoms with Crippen molar-refractivity contribution in [3.63, 3.8) is 0 Å². The SMILES string of the molecule is NC(=O)C1=C(O)[C@@]2(O)C(=O)C3=C(O)c4c(O)c(CCC5CCCC5)cc(-c5ccoc5)c4C[C@H]3C[C@H]2CC1=O. The van der Waals surface area contributed by atoms with Crippen molar-refractivity contribution in [3.8, 4) is 16.9 Å². The Labute approximate surface area is 224 Å². The molecule has 2 aromatic rings. The number of furan rings is 1. The van der Waals surface area contributed by atoms with Gasteiger partial charge in [-0.3, -0.25) is 14.4 Å². The van der Waals surface area contributed by atoms with Crippen LogP contribution in [0, 0.1) is 17.8 Å². The first-order valence-electron chi connectivity index (χ1n) is 13.5. The lowest BCUT2D eigenvalue weighted by atomic mass is 9.59. The summed E-state index contributed by atoms with van der Waals surface area (Å²) in [6.07, 6.45) is 9.32. The minimum Gasteiger partial charge on any atom is -0.508 e. The van der Waals surface area contributed by atoms with E-state index in [4.69, 9.17) is 10.2 Å². The number of aromatic hydroxyl groups is 1. The molecule has 1 aromatic heterocycles. The largest absolute Gasteiger partial charge is 0.508 e. The van der Waals surface area contributed by atoms with Crippen molar-refractivity contribution in [2.24, 2.45) is 23.5 Å². The molecule has 6 rings (SSSR count). The smallest absolute Gasteiger partial charge is 0.255 e. The van der Waals surface area contributed by atoms with Gasteiger partial charge in [-0.1, -0.05) is 25.7 Å². The molecule has 1 amide bonds. The highest BCUT2D eigenvalue weighted by molar-refractivity contribution is 6.22. The number of phenolic OH excluding ortho intramolecular Hbond substituents is 1. The number of aryl methyl sites for hydroxylation is 1. The van der Waals surface area contributed by atoms with E-state index in [9.17, 15) is 34.8 Å². The molecule has 2 saturated carbocycles. The number of carbonyl (C=O) groups is 3. The Balaban J connectivity index is 1.50. The Morgan fingerprint density at radius 3 is 2.54 bits per heavy atom. The minimum atomic E-state index is -2.57. The van der Waals surface area contributed by atoms with Crippen LogP contribution in [0.1, 0.15) is 61.6 Å². The van der Waals surface area contributed by atoms with Crippen LogP contribution in [0.25, 0.3) is 16.9 Å². The summed E-state index contributed by atoms with van der Waals surface area (Å²) in [6.45, 7) is 0. The highest BCUT2D eigenvalue weighted by Gasteiger charge is 2.60. The second kappa shape index (κ2) is 9.12. The quantitative estimate of drug-likeness (QED) is 0.361. The number of phenols is 1. The van der Waals surface area contributed by atoms with Crippen molar-refractivity contribution in [2.75, 3.05) is 0 Å². The van der Waals surface area contributed by atoms with E-state index in [0.717, 1.165) is 30.4 Å². The second-order valence-electron chi connectivity index (χ2n) is 11.4. The second-order valence-corrected chi connectivity index (χ2v) is 11.4. The lowest BCUT2D eigenvalue weighted by molar-refractivity contribution is -0.147. The van der Waals surface area contributed by atoms with Crippen LogP contribution in [0.15, 0.2) is 46.0 Å². The number of primary amides is 1. The molecule has 1 aromatic carbocycles. The lowest BCUT2D eigenvalue weighted by Gasteiger charge is -2.46. The molecule has 4 aliphatic carbocycles. The van der Waals surface area contributed by atoms with Gasteiger partial charge in [0.05, 0.1) is 18.1 Å². The van der Waals surface area contributed by atoms with Crippen molar-refractivity contribution < 1.29 is 39.2 Å². The van der Waals surface area contributed by atoms with Gasteiger partial charge < -0.3 is 30.6 Å². The number of hydrogen-bond acceptors (Lipinski definition) is 8. The summed E-state index contributed by atoms with van der Waals surface area (Å²) in [4.78, 5) is 38.2. The number of rotatable bonds is 5. The molecule has 0 unspecified atom stereocenters. The molecule has 6 N–H and O–H groups in total. The Hall–Kier alpha value is -3.85. The van der Waals surface area contributed by atoms with E-state index in [0.29, 0.717) is 23.5 Å². The molecule has 39 heavy (non-hydrogen) atoms. The molecule has 1 heterocycles. The molecule has 0 spiro atoms. The van der Waals surface area contributed by atoms with Crippen LogP contribution < -0.4 is 5.73 Å². The van der Waals surface area contributed by atoms with Crippen LogP contribution in [-0.2, 0) is 27.2 Å². The molecule has 2 fully saturated rings. The van der Waals surface area contributed by atoms with Gasteiger partial charge >= 0.3 is 0 Å². The summed E-state index contributed by atoms with van der Waals surface area (Å²) in [6, 6.07) is 3.72. The first-order chi connectivity index (χ1) is 18.6. The number of amides is 1. The first-order valence-corrected chi connectivity index (χ1v) is 13.5. The van der Waals surface area contributed by atoms with Crippen molar-refractivity contribution in [1.29, 1.82) is 0 Å². The fourth-order valence-electron chi connectivity index (χ4n) is 7.27. The molecule has 9 nitrogen and oxygen atoms in total. The van der Waals surface area contributed by atoms with E-state index in [1.807, 2.05) is 6.07 Å². The fraction of sp³-hybridized carbons (Fsp3) is 0.433. The van der Waals surface area contributed by atoms with Gasteiger partial charge in [0.25, 0.3) is 5.91 Å². The fourth-order valence-corrected chi connectivity index (χ4v) is 7.27. The summed E-state index contributed by atoms with van der Waals surface area (Å²) >= 11 is 0. The maximum absolute atomic E-state index is 13.8. The number of aliphatic hydroxyl groups excluding tert-OH is 2. The third-order valence-corrected chi connectivity index (χ3v) is 9.27. The van der Waals surface area contributed by atoms with Crippen molar-refractivity contribution in [2.45, 2.75) is 63.4 Å². The number of benzene rings is 1. The van der Waals surface area contributed by atoms with E-state index in [1.54, 1.807) is 18.6 Å². The Morgan fingerprint density at radius 1 is 1.13 bits per heavy atom. The molecule has 3 atom stereocenters. The molecule has 0 aliphatic heterocycles. The van der Waals surface area contributed by atoms with E-state index in [2.05, 4.69) is 0 Å². The normalized spacial score (nSPS) is 27.0. The van der Waals surface area contributed by atoms with Crippen LogP contribution in [0.2, 0.25) is 0 Å². The summed E-state index contributed by atoms with van der Waals surface area (Å²) < 4.78 is 5.33. The Morgan fingerprint density at radius 2 is 1.87 bits per heavy atom. The number of aliphatic hydroxyl groups is 3. The van der Waals surface area contributed by atoms with Gasteiger partial charge in [-0.15, -0.1) is 0 Å². The lowest BCUT2D eigenvalue weighted by Crippen LogP contribution is -2.58. The van der Waals surface area contributed by atoms with Crippen molar-refractivity contribution >= 4 is 23.2 Å². The zero-order valence-electron chi connectivity index (χ0n) is 21.4. The van der Waals surface area contributed by atoms with E-state index in [-0.39, 0.29) is 36.1 Å².